The molecule has 2 amide bonds. The van der Waals surface area contributed by atoms with Gasteiger partial charge in [-0.1, -0.05) is 29.8 Å². The molecule has 11 heteroatoms. The van der Waals surface area contributed by atoms with Crippen molar-refractivity contribution in [3.05, 3.63) is 76.4 Å². The van der Waals surface area contributed by atoms with Crippen molar-refractivity contribution < 1.29 is 22.4 Å². The molecular weight excluding hydrogens is 465 g/mol. The van der Waals surface area contributed by atoms with E-state index < -0.39 is 21.8 Å². The lowest BCUT2D eigenvalue weighted by Crippen LogP contribution is -2.42. The number of thiophene rings is 1. The Hall–Kier alpha value is -2.79. The monoisotopic (exact) mass is 481 g/mol. The highest BCUT2D eigenvalue weighted by molar-refractivity contribution is 7.89. The lowest BCUT2D eigenvalue weighted by Gasteiger charge is -2.08. The van der Waals surface area contributed by atoms with E-state index in [-0.39, 0.29) is 28.7 Å². The fraction of sp³-hybridized carbons (Fsp3) is 0.100. The van der Waals surface area contributed by atoms with Crippen LogP contribution < -0.4 is 15.6 Å². The third kappa shape index (κ3) is 6.34. The average molecular weight is 482 g/mol. The van der Waals surface area contributed by atoms with E-state index in [0.717, 1.165) is 10.4 Å². The van der Waals surface area contributed by atoms with E-state index in [1.807, 2.05) is 0 Å². The highest BCUT2D eigenvalue weighted by Gasteiger charge is 2.15. The van der Waals surface area contributed by atoms with Gasteiger partial charge >= 0.3 is 0 Å². The molecule has 0 saturated carbocycles. The van der Waals surface area contributed by atoms with Crippen LogP contribution in [0, 0.1) is 5.82 Å². The maximum atomic E-state index is 13.0. The Labute approximate surface area is 187 Å². The van der Waals surface area contributed by atoms with E-state index in [2.05, 4.69) is 15.6 Å². The Morgan fingerprint density at radius 2 is 1.74 bits per heavy atom. The van der Waals surface area contributed by atoms with Crippen molar-refractivity contribution >= 4 is 44.8 Å². The molecule has 31 heavy (non-hydrogen) atoms. The van der Waals surface area contributed by atoms with Gasteiger partial charge in [-0.3, -0.25) is 20.4 Å². The zero-order chi connectivity index (χ0) is 22.4. The first-order chi connectivity index (χ1) is 14.7. The van der Waals surface area contributed by atoms with E-state index >= 15 is 0 Å². The van der Waals surface area contributed by atoms with Crippen molar-refractivity contribution in [3.8, 4) is 10.4 Å². The van der Waals surface area contributed by atoms with Gasteiger partial charge in [-0.2, -0.15) is 0 Å². The predicted molar refractivity (Wildman–Crippen MR) is 117 cm³/mol. The molecule has 0 aliphatic heterocycles. The molecule has 0 bridgehead atoms. The molecule has 0 atom stereocenters. The zero-order valence-corrected chi connectivity index (χ0v) is 18.3. The second kappa shape index (κ2) is 10.0. The van der Waals surface area contributed by atoms with Crippen molar-refractivity contribution in [2.75, 3.05) is 6.54 Å². The highest BCUT2D eigenvalue weighted by atomic mass is 35.5. The number of hydrogen-bond acceptors (Lipinski definition) is 5. The number of carbonyl (C=O) groups is 2. The number of halogens is 2. The van der Waals surface area contributed by atoms with Gasteiger partial charge in [-0.05, 0) is 48.0 Å². The van der Waals surface area contributed by atoms with Crippen LogP contribution >= 0.6 is 22.9 Å². The minimum Gasteiger partial charge on any atom is -0.273 e. The molecule has 3 N–H and O–H groups in total. The predicted octanol–water partition coefficient (Wildman–Crippen LogP) is 3.34. The summed E-state index contributed by atoms with van der Waals surface area (Å²) in [6.45, 7) is -0.162. The summed E-state index contributed by atoms with van der Waals surface area (Å²) in [5, 5.41) is 0.277. The van der Waals surface area contributed by atoms with Crippen molar-refractivity contribution in [3.63, 3.8) is 0 Å². The zero-order valence-electron chi connectivity index (χ0n) is 15.9. The quantitative estimate of drug-likeness (QED) is 0.450. The first-order valence-corrected chi connectivity index (χ1v) is 11.6. The molecule has 0 unspecified atom stereocenters. The average Bonchev–Trinajstić information content (AvgIpc) is 3.23. The van der Waals surface area contributed by atoms with E-state index in [0.29, 0.717) is 4.88 Å². The van der Waals surface area contributed by atoms with E-state index in [9.17, 15) is 22.4 Å². The maximum Gasteiger partial charge on any atom is 0.279 e. The van der Waals surface area contributed by atoms with E-state index in [1.54, 1.807) is 30.3 Å². The van der Waals surface area contributed by atoms with E-state index in [4.69, 9.17) is 11.6 Å². The number of amides is 2. The third-order valence-electron chi connectivity index (χ3n) is 4.02. The summed E-state index contributed by atoms with van der Waals surface area (Å²) in [5.74, 6) is -1.44. The van der Waals surface area contributed by atoms with Crippen LogP contribution in [-0.4, -0.2) is 26.8 Å². The summed E-state index contributed by atoms with van der Waals surface area (Å²) in [6.07, 6.45) is -0.189. The molecule has 3 aromatic rings. The fourth-order valence-electron chi connectivity index (χ4n) is 2.50. The Kier molecular flexibility index (Phi) is 7.39. The molecule has 0 radical (unpaired) electrons. The number of rotatable bonds is 7. The van der Waals surface area contributed by atoms with E-state index in [1.165, 1.54) is 41.7 Å². The largest absolute Gasteiger partial charge is 0.279 e. The SMILES string of the molecule is O=C(CCNS(=O)(=O)c1cccc(Cl)c1)NNC(=O)c1ccc(-c2ccc(F)cc2)s1. The molecule has 0 fully saturated rings. The molecule has 0 saturated heterocycles. The van der Waals surface area contributed by atoms with Gasteiger partial charge in [-0.15, -0.1) is 11.3 Å². The summed E-state index contributed by atoms with van der Waals surface area (Å²) in [6, 6.07) is 14.9. The standard InChI is InChI=1S/C20H17ClFN3O4S2/c21-14-2-1-3-16(12-14)31(28,29)23-11-10-19(26)24-25-20(27)18-9-8-17(30-18)13-4-6-15(22)7-5-13/h1-9,12,23H,10-11H2,(H,24,26)(H,25,27). The minimum absolute atomic E-state index is 0.0108. The molecule has 7 nitrogen and oxygen atoms in total. The minimum atomic E-state index is -3.80. The Balaban J connectivity index is 1.46. The molecule has 2 aromatic carbocycles. The molecule has 162 valence electrons. The van der Waals surface area contributed by atoms with Gasteiger partial charge in [0, 0.05) is 22.9 Å². The molecule has 0 aliphatic rings. The smallest absolute Gasteiger partial charge is 0.273 e. The van der Waals surface area contributed by atoms with Crippen LogP contribution in [0.4, 0.5) is 4.39 Å². The molecule has 3 rings (SSSR count). The Morgan fingerprint density at radius 1 is 1.00 bits per heavy atom. The normalized spacial score (nSPS) is 11.2. The van der Waals surface area contributed by atoms with Gasteiger partial charge in [0.2, 0.25) is 15.9 Å². The molecule has 0 spiro atoms. The lowest BCUT2D eigenvalue weighted by molar-refractivity contribution is -0.121. The van der Waals surface area contributed by atoms with Gasteiger partial charge < -0.3 is 0 Å². The van der Waals surface area contributed by atoms with Gasteiger partial charge in [0.1, 0.15) is 5.82 Å². The van der Waals surface area contributed by atoms with Crippen LogP contribution in [0.3, 0.4) is 0 Å². The van der Waals surface area contributed by atoms with Gasteiger partial charge in [-0.25, -0.2) is 17.5 Å². The number of hydrazine groups is 1. The highest BCUT2D eigenvalue weighted by Crippen LogP contribution is 2.28. The summed E-state index contributed by atoms with van der Waals surface area (Å²) >= 11 is 6.97. The topological polar surface area (TPSA) is 104 Å². The molecule has 1 aromatic heterocycles. The van der Waals surface area contributed by atoms with Crippen molar-refractivity contribution in [2.45, 2.75) is 11.3 Å². The van der Waals surface area contributed by atoms with Crippen LogP contribution in [0.2, 0.25) is 5.02 Å². The molecule has 1 heterocycles. The third-order valence-corrected chi connectivity index (χ3v) is 6.85. The lowest BCUT2D eigenvalue weighted by atomic mass is 10.2. The number of benzene rings is 2. The Bertz CT molecular complexity index is 1200. The first-order valence-electron chi connectivity index (χ1n) is 8.95. The van der Waals surface area contributed by atoms with Crippen LogP contribution in [0.25, 0.3) is 10.4 Å². The fourth-order valence-corrected chi connectivity index (χ4v) is 4.74. The summed E-state index contributed by atoms with van der Waals surface area (Å²) < 4.78 is 39.6. The van der Waals surface area contributed by atoms with Crippen LogP contribution in [-0.2, 0) is 14.8 Å². The van der Waals surface area contributed by atoms with Crippen molar-refractivity contribution in [1.82, 2.24) is 15.6 Å². The van der Waals surface area contributed by atoms with Crippen LogP contribution in [0.15, 0.2) is 65.6 Å². The van der Waals surface area contributed by atoms with Crippen molar-refractivity contribution in [2.24, 2.45) is 0 Å². The number of sulfonamides is 1. The van der Waals surface area contributed by atoms with Gasteiger partial charge in [0.25, 0.3) is 5.91 Å². The summed E-state index contributed by atoms with van der Waals surface area (Å²) in [5.41, 5.74) is 5.28. The maximum absolute atomic E-state index is 13.0. The molecular formula is C20H17ClFN3O4S2. The van der Waals surface area contributed by atoms with Crippen LogP contribution in [0.5, 0.6) is 0 Å². The number of nitrogens with one attached hydrogen (secondary N) is 3. The van der Waals surface area contributed by atoms with Gasteiger partial charge in [0.15, 0.2) is 0 Å². The van der Waals surface area contributed by atoms with Gasteiger partial charge in [0.05, 0.1) is 9.77 Å². The number of hydrogen-bond donors (Lipinski definition) is 3. The number of carbonyl (C=O) groups excluding carboxylic acids is 2. The van der Waals surface area contributed by atoms with Crippen molar-refractivity contribution in [1.29, 1.82) is 0 Å². The summed E-state index contributed by atoms with van der Waals surface area (Å²) in [7, 11) is -3.80. The van der Waals surface area contributed by atoms with Crippen LogP contribution in [0.1, 0.15) is 16.1 Å². The Morgan fingerprint density at radius 3 is 2.45 bits per heavy atom. The second-order valence-corrected chi connectivity index (χ2v) is 9.57. The first kappa shape index (κ1) is 22.9. The molecule has 0 aliphatic carbocycles. The second-order valence-electron chi connectivity index (χ2n) is 6.28. The summed E-state index contributed by atoms with van der Waals surface area (Å²) in [4.78, 5) is 25.2.